The van der Waals surface area contributed by atoms with E-state index in [9.17, 15) is 4.79 Å². The third-order valence-corrected chi connectivity index (χ3v) is 4.58. The van der Waals surface area contributed by atoms with E-state index in [4.69, 9.17) is 14.6 Å². The monoisotopic (exact) mass is 275 g/mol. The van der Waals surface area contributed by atoms with Crippen molar-refractivity contribution in [2.45, 2.75) is 6.10 Å². The molecule has 1 unspecified atom stereocenters. The quantitative estimate of drug-likeness (QED) is 0.895. The molecule has 4 atom stereocenters. The maximum atomic E-state index is 10.9. The number of benzene rings is 1. The molecule has 2 fully saturated rings. The van der Waals surface area contributed by atoms with E-state index in [1.54, 1.807) is 0 Å². The highest BCUT2D eigenvalue weighted by Crippen LogP contribution is 2.51. The van der Waals surface area contributed by atoms with Crippen LogP contribution in [0.3, 0.4) is 0 Å². The molecule has 0 spiro atoms. The van der Waals surface area contributed by atoms with Crippen molar-refractivity contribution < 1.29 is 19.4 Å². The first-order chi connectivity index (χ1) is 9.72. The smallest absolute Gasteiger partial charge is 0.307 e. The maximum Gasteiger partial charge on any atom is 0.307 e. The molecule has 0 bridgehead atoms. The topological polar surface area (TPSA) is 59.0 Å². The molecule has 20 heavy (non-hydrogen) atoms. The summed E-state index contributed by atoms with van der Waals surface area (Å²) in [5.74, 6) is 1.57. The predicted octanol–water partition coefficient (Wildman–Crippen LogP) is 1.09. The van der Waals surface area contributed by atoms with Crippen molar-refractivity contribution >= 4 is 5.97 Å². The largest absolute Gasteiger partial charge is 0.486 e. The molecule has 1 aromatic carbocycles. The summed E-state index contributed by atoms with van der Waals surface area (Å²) in [6.45, 7) is 3.13. The summed E-state index contributed by atoms with van der Waals surface area (Å²) in [6.07, 6.45) is 0.0330. The Morgan fingerprint density at radius 3 is 2.65 bits per heavy atom. The highest BCUT2D eigenvalue weighted by Gasteiger charge is 2.59. The van der Waals surface area contributed by atoms with Crippen molar-refractivity contribution in [2.75, 3.05) is 26.2 Å². The molecule has 2 heterocycles. The molecule has 5 heteroatoms. The van der Waals surface area contributed by atoms with Gasteiger partial charge in [0.15, 0.2) is 11.5 Å². The number of nitrogens with zero attached hydrogens (tertiary/aromatic N) is 1. The maximum absolute atomic E-state index is 10.9. The Bertz CT molecular complexity index is 534. The van der Waals surface area contributed by atoms with Gasteiger partial charge < -0.3 is 14.6 Å². The Labute approximate surface area is 117 Å². The van der Waals surface area contributed by atoms with Crippen LogP contribution in [-0.2, 0) is 4.79 Å². The van der Waals surface area contributed by atoms with Crippen LogP contribution in [0.5, 0.6) is 11.5 Å². The Hall–Kier alpha value is -1.75. The van der Waals surface area contributed by atoms with Crippen molar-refractivity contribution in [1.29, 1.82) is 0 Å². The molecule has 2 aliphatic heterocycles. The second kappa shape index (κ2) is 4.38. The summed E-state index contributed by atoms with van der Waals surface area (Å²) in [7, 11) is 0. The van der Waals surface area contributed by atoms with E-state index in [-0.39, 0.29) is 12.0 Å². The van der Waals surface area contributed by atoms with Gasteiger partial charge in [-0.2, -0.15) is 0 Å². The van der Waals surface area contributed by atoms with Gasteiger partial charge in [0.25, 0.3) is 0 Å². The predicted molar refractivity (Wildman–Crippen MR) is 70.9 cm³/mol. The molecular formula is C15H17NO4. The highest BCUT2D eigenvalue weighted by molar-refractivity contribution is 5.74. The van der Waals surface area contributed by atoms with Gasteiger partial charge in [0.2, 0.25) is 0 Å². The Morgan fingerprint density at radius 1 is 1.25 bits per heavy atom. The molecule has 5 nitrogen and oxygen atoms in total. The molecule has 1 aliphatic carbocycles. The van der Waals surface area contributed by atoms with Gasteiger partial charge in [-0.15, -0.1) is 0 Å². The summed E-state index contributed by atoms with van der Waals surface area (Å²) in [4.78, 5) is 13.2. The Kier molecular flexibility index (Phi) is 2.63. The lowest BCUT2D eigenvalue weighted by Gasteiger charge is -2.30. The van der Waals surface area contributed by atoms with Crippen molar-refractivity contribution in [1.82, 2.24) is 4.90 Å². The minimum Gasteiger partial charge on any atom is -0.486 e. The number of fused-ring (bicyclic) bond motifs is 2. The van der Waals surface area contributed by atoms with Gasteiger partial charge in [-0.05, 0) is 24.0 Å². The van der Waals surface area contributed by atoms with Crippen molar-refractivity contribution in [3.8, 4) is 11.5 Å². The zero-order valence-electron chi connectivity index (χ0n) is 11.1. The van der Waals surface area contributed by atoms with Gasteiger partial charge in [-0.3, -0.25) is 9.69 Å². The number of likely N-dealkylation sites (tertiary alicyclic amines) is 1. The van der Waals surface area contributed by atoms with Gasteiger partial charge in [0, 0.05) is 19.6 Å². The first-order valence-electron chi connectivity index (χ1n) is 7.06. The number of piperidine rings is 1. The standard InChI is InChI=1S/C15H17NO4/c17-15(18)14-10-6-16(7-11(10)14)5-9-8-19-12-3-1-2-4-13(12)20-9/h1-4,9-11,14H,5-8H2,(H,17,18)/t9-,10-,11+,14?/m0/s1. The minimum absolute atomic E-state index is 0.0330. The summed E-state index contributed by atoms with van der Waals surface area (Å²) in [6, 6.07) is 7.70. The van der Waals surface area contributed by atoms with Crippen LogP contribution in [0, 0.1) is 17.8 Å². The third-order valence-electron chi connectivity index (χ3n) is 4.58. The molecule has 1 saturated heterocycles. The average Bonchev–Trinajstić information content (AvgIpc) is 2.97. The summed E-state index contributed by atoms with van der Waals surface area (Å²) >= 11 is 0. The van der Waals surface area contributed by atoms with Crippen LogP contribution < -0.4 is 9.47 Å². The van der Waals surface area contributed by atoms with Crippen LogP contribution in [0.2, 0.25) is 0 Å². The van der Waals surface area contributed by atoms with Crippen LogP contribution >= 0.6 is 0 Å². The van der Waals surface area contributed by atoms with E-state index in [2.05, 4.69) is 4.90 Å². The zero-order chi connectivity index (χ0) is 13.7. The minimum atomic E-state index is -0.633. The SMILES string of the molecule is O=C(O)C1[C@H]2CN(C[C@H]3COc4ccccc4O3)C[C@@H]12. The normalized spacial score (nSPS) is 34.6. The summed E-state index contributed by atoms with van der Waals surface area (Å²) < 4.78 is 11.6. The second-order valence-electron chi connectivity index (χ2n) is 5.91. The molecule has 1 saturated carbocycles. The second-order valence-corrected chi connectivity index (χ2v) is 5.91. The van der Waals surface area contributed by atoms with E-state index in [1.807, 2.05) is 24.3 Å². The van der Waals surface area contributed by atoms with Gasteiger partial charge >= 0.3 is 5.97 Å². The van der Waals surface area contributed by atoms with Gasteiger partial charge in [0.05, 0.1) is 5.92 Å². The van der Waals surface area contributed by atoms with E-state index < -0.39 is 5.97 Å². The molecule has 1 N–H and O–H groups in total. The first kappa shape index (κ1) is 12.0. The van der Waals surface area contributed by atoms with Gasteiger partial charge in [-0.1, -0.05) is 12.1 Å². The fraction of sp³-hybridized carbons (Fsp3) is 0.533. The fourth-order valence-corrected chi connectivity index (χ4v) is 3.57. The first-order valence-corrected chi connectivity index (χ1v) is 7.06. The van der Waals surface area contributed by atoms with Gasteiger partial charge in [-0.25, -0.2) is 0 Å². The summed E-state index contributed by atoms with van der Waals surface area (Å²) in [5, 5.41) is 9.01. The number of hydrogen-bond acceptors (Lipinski definition) is 4. The highest BCUT2D eigenvalue weighted by atomic mass is 16.6. The average molecular weight is 275 g/mol. The van der Waals surface area contributed by atoms with Crippen LogP contribution in [0.4, 0.5) is 0 Å². The molecule has 3 aliphatic rings. The number of carboxylic acid groups (broad SMARTS) is 1. The Morgan fingerprint density at radius 2 is 1.95 bits per heavy atom. The van der Waals surface area contributed by atoms with Crippen LogP contribution in [0.25, 0.3) is 0 Å². The number of ether oxygens (including phenoxy) is 2. The van der Waals surface area contributed by atoms with E-state index >= 15 is 0 Å². The summed E-state index contributed by atoms with van der Waals surface area (Å²) in [5.41, 5.74) is 0. The van der Waals surface area contributed by atoms with Crippen molar-refractivity contribution in [3.63, 3.8) is 0 Å². The number of hydrogen-bond donors (Lipinski definition) is 1. The van der Waals surface area contributed by atoms with Crippen molar-refractivity contribution in [2.24, 2.45) is 17.8 Å². The van der Waals surface area contributed by atoms with Crippen LogP contribution in [0.15, 0.2) is 24.3 Å². The van der Waals surface area contributed by atoms with E-state index in [1.165, 1.54) is 0 Å². The lowest BCUT2D eigenvalue weighted by molar-refractivity contribution is -0.139. The molecule has 106 valence electrons. The number of carboxylic acids is 1. The van der Waals surface area contributed by atoms with Crippen LogP contribution in [0.1, 0.15) is 0 Å². The lowest BCUT2D eigenvalue weighted by Crippen LogP contribution is -2.41. The molecule has 0 aromatic heterocycles. The molecular weight excluding hydrogens is 258 g/mol. The van der Waals surface area contributed by atoms with Crippen molar-refractivity contribution in [3.05, 3.63) is 24.3 Å². The molecule has 1 aromatic rings. The molecule has 4 rings (SSSR count). The zero-order valence-corrected chi connectivity index (χ0v) is 11.1. The third kappa shape index (κ3) is 1.93. The Balaban J connectivity index is 1.33. The molecule has 0 amide bonds. The number of rotatable bonds is 3. The lowest BCUT2D eigenvalue weighted by atomic mass is 10.2. The van der Waals surface area contributed by atoms with Gasteiger partial charge in [0.1, 0.15) is 12.7 Å². The fourth-order valence-electron chi connectivity index (χ4n) is 3.57. The van der Waals surface area contributed by atoms with E-state index in [0.29, 0.717) is 18.4 Å². The number of carbonyl (C=O) groups is 1. The van der Waals surface area contributed by atoms with E-state index in [0.717, 1.165) is 31.1 Å². The number of para-hydroxylation sites is 2. The molecule has 0 radical (unpaired) electrons. The van der Waals surface area contributed by atoms with Crippen LogP contribution in [-0.4, -0.2) is 48.3 Å². The number of aliphatic carboxylic acids is 1.